The van der Waals surface area contributed by atoms with Crippen LogP contribution in [0.15, 0.2) is 12.4 Å². The van der Waals surface area contributed by atoms with E-state index in [0.29, 0.717) is 18.9 Å². The fourth-order valence-electron chi connectivity index (χ4n) is 1.29. The van der Waals surface area contributed by atoms with Crippen molar-refractivity contribution in [3.63, 3.8) is 0 Å². The Morgan fingerprint density at radius 1 is 1.38 bits per heavy atom. The van der Waals surface area contributed by atoms with Crippen LogP contribution in [-0.2, 0) is 4.79 Å². The van der Waals surface area contributed by atoms with Gasteiger partial charge in [0.15, 0.2) is 11.0 Å². The van der Waals surface area contributed by atoms with E-state index in [1.165, 1.54) is 12.4 Å². The second kappa shape index (κ2) is 6.27. The summed E-state index contributed by atoms with van der Waals surface area (Å²) in [4.78, 5) is 21.2. The zero-order valence-corrected chi connectivity index (χ0v) is 10.2. The van der Waals surface area contributed by atoms with Crippen molar-refractivity contribution >= 4 is 23.3 Å². The third-order valence-corrected chi connectivity index (χ3v) is 2.45. The zero-order chi connectivity index (χ0) is 12.0. The first kappa shape index (κ1) is 12.7. The average Bonchev–Trinajstić information content (AvgIpc) is 2.29. The molecule has 5 nitrogen and oxygen atoms in total. The minimum Gasteiger partial charge on any atom is -0.358 e. The molecule has 6 heteroatoms. The maximum atomic E-state index is 11.7. The lowest BCUT2D eigenvalue weighted by Gasteiger charge is -2.18. The molecule has 0 saturated carbocycles. The van der Waals surface area contributed by atoms with Crippen molar-refractivity contribution in [3.05, 3.63) is 17.5 Å². The maximum absolute atomic E-state index is 11.7. The number of aromatic nitrogens is 2. The molecule has 1 rings (SSSR count). The van der Waals surface area contributed by atoms with Crippen LogP contribution in [0.4, 0.5) is 5.82 Å². The van der Waals surface area contributed by atoms with E-state index in [1.54, 1.807) is 4.90 Å². The molecule has 0 aliphatic carbocycles. The Morgan fingerprint density at radius 3 is 2.56 bits per heavy atom. The van der Waals surface area contributed by atoms with E-state index in [2.05, 4.69) is 15.3 Å². The van der Waals surface area contributed by atoms with Gasteiger partial charge in [-0.1, -0.05) is 11.6 Å². The summed E-state index contributed by atoms with van der Waals surface area (Å²) in [5.41, 5.74) is 0. The van der Waals surface area contributed by atoms with Gasteiger partial charge in [-0.05, 0) is 13.8 Å². The second-order valence-corrected chi connectivity index (χ2v) is 3.47. The van der Waals surface area contributed by atoms with Crippen molar-refractivity contribution < 1.29 is 4.79 Å². The van der Waals surface area contributed by atoms with Gasteiger partial charge in [-0.3, -0.25) is 4.79 Å². The van der Waals surface area contributed by atoms with Gasteiger partial charge in [-0.2, -0.15) is 0 Å². The highest BCUT2D eigenvalue weighted by Gasteiger charge is 2.10. The Morgan fingerprint density at radius 2 is 2.00 bits per heavy atom. The predicted octanol–water partition coefficient (Wildman–Crippen LogP) is 1.41. The lowest BCUT2D eigenvalue weighted by Crippen LogP contribution is -2.35. The predicted molar refractivity (Wildman–Crippen MR) is 63.5 cm³/mol. The summed E-state index contributed by atoms with van der Waals surface area (Å²) in [6.45, 7) is 5.46. The van der Waals surface area contributed by atoms with Gasteiger partial charge in [0.05, 0.1) is 6.54 Å². The van der Waals surface area contributed by atoms with E-state index in [0.717, 1.165) is 0 Å². The molecule has 16 heavy (non-hydrogen) atoms. The third-order valence-electron chi connectivity index (χ3n) is 2.18. The standard InChI is InChI=1S/C10H15ClN4O/c1-3-15(4-2)8(16)7-14-10-9(11)12-5-6-13-10/h5-6H,3-4,7H2,1-2H3,(H,13,14). The Kier molecular flexibility index (Phi) is 4.98. The summed E-state index contributed by atoms with van der Waals surface area (Å²) in [6, 6.07) is 0. The van der Waals surface area contributed by atoms with Crippen molar-refractivity contribution in [1.29, 1.82) is 0 Å². The molecule has 1 aromatic rings. The second-order valence-electron chi connectivity index (χ2n) is 3.12. The summed E-state index contributed by atoms with van der Waals surface area (Å²) >= 11 is 5.79. The number of anilines is 1. The zero-order valence-electron chi connectivity index (χ0n) is 9.40. The Hall–Kier alpha value is -1.36. The number of halogens is 1. The van der Waals surface area contributed by atoms with Crippen LogP contribution in [0.1, 0.15) is 13.8 Å². The number of nitrogens with one attached hydrogen (secondary N) is 1. The third kappa shape index (κ3) is 3.34. The summed E-state index contributed by atoms with van der Waals surface area (Å²) in [7, 11) is 0. The van der Waals surface area contributed by atoms with Gasteiger partial charge in [0, 0.05) is 25.5 Å². The molecule has 0 atom stereocenters. The van der Waals surface area contributed by atoms with Gasteiger partial charge in [0.25, 0.3) is 0 Å². The van der Waals surface area contributed by atoms with Crippen LogP contribution in [0, 0.1) is 0 Å². The molecule has 0 saturated heterocycles. The quantitative estimate of drug-likeness (QED) is 0.848. The van der Waals surface area contributed by atoms with Gasteiger partial charge >= 0.3 is 0 Å². The fourth-order valence-corrected chi connectivity index (χ4v) is 1.46. The number of rotatable bonds is 5. The molecule has 1 heterocycles. The van der Waals surface area contributed by atoms with Crippen LogP contribution in [-0.4, -0.2) is 40.4 Å². The smallest absolute Gasteiger partial charge is 0.241 e. The van der Waals surface area contributed by atoms with E-state index in [4.69, 9.17) is 11.6 Å². The monoisotopic (exact) mass is 242 g/mol. The van der Waals surface area contributed by atoms with Crippen molar-refractivity contribution in [3.8, 4) is 0 Å². The number of likely N-dealkylation sites (N-methyl/N-ethyl adjacent to an activating group) is 1. The van der Waals surface area contributed by atoms with Crippen molar-refractivity contribution in [2.24, 2.45) is 0 Å². The van der Waals surface area contributed by atoms with Crippen LogP contribution in [0.25, 0.3) is 0 Å². The molecule has 1 aromatic heterocycles. The van der Waals surface area contributed by atoms with Crippen molar-refractivity contribution in [2.45, 2.75) is 13.8 Å². The topological polar surface area (TPSA) is 58.1 Å². The number of carbonyl (C=O) groups excluding carboxylic acids is 1. The Labute approximate surface area is 99.8 Å². The molecule has 0 spiro atoms. The summed E-state index contributed by atoms with van der Waals surface area (Å²) in [6.07, 6.45) is 3.02. The molecule has 0 aliphatic heterocycles. The molecule has 0 aromatic carbocycles. The number of nitrogens with zero attached hydrogens (tertiary/aromatic N) is 3. The first-order valence-electron chi connectivity index (χ1n) is 5.17. The largest absolute Gasteiger partial charge is 0.358 e. The van der Waals surface area contributed by atoms with Crippen molar-refractivity contribution in [2.75, 3.05) is 25.0 Å². The van der Waals surface area contributed by atoms with Gasteiger partial charge in [-0.25, -0.2) is 9.97 Å². The molecule has 88 valence electrons. The molecular formula is C10H15ClN4O. The van der Waals surface area contributed by atoms with Crippen LogP contribution in [0.2, 0.25) is 5.15 Å². The minimum atomic E-state index is 0.0201. The lowest BCUT2D eigenvalue weighted by atomic mass is 10.4. The van der Waals surface area contributed by atoms with E-state index < -0.39 is 0 Å². The van der Waals surface area contributed by atoms with Crippen LogP contribution >= 0.6 is 11.6 Å². The number of hydrogen-bond acceptors (Lipinski definition) is 4. The van der Waals surface area contributed by atoms with E-state index in [1.807, 2.05) is 13.8 Å². The summed E-state index contributed by atoms with van der Waals surface area (Å²) in [5.74, 6) is 0.455. The molecule has 0 aliphatic rings. The normalized spacial score (nSPS) is 9.94. The van der Waals surface area contributed by atoms with Gasteiger partial charge in [-0.15, -0.1) is 0 Å². The van der Waals surface area contributed by atoms with E-state index in [-0.39, 0.29) is 17.6 Å². The molecule has 0 unspecified atom stereocenters. The first-order chi connectivity index (χ1) is 7.69. The number of amides is 1. The highest BCUT2D eigenvalue weighted by Crippen LogP contribution is 2.13. The summed E-state index contributed by atoms with van der Waals surface area (Å²) in [5, 5.41) is 3.14. The molecule has 0 radical (unpaired) electrons. The van der Waals surface area contributed by atoms with Crippen LogP contribution in [0.5, 0.6) is 0 Å². The first-order valence-corrected chi connectivity index (χ1v) is 5.55. The Balaban J connectivity index is 2.52. The minimum absolute atomic E-state index is 0.0201. The number of hydrogen-bond donors (Lipinski definition) is 1. The molecule has 0 fully saturated rings. The molecule has 0 bridgehead atoms. The van der Waals surface area contributed by atoms with Gasteiger partial charge < -0.3 is 10.2 Å². The lowest BCUT2D eigenvalue weighted by molar-refractivity contribution is -0.128. The maximum Gasteiger partial charge on any atom is 0.241 e. The van der Waals surface area contributed by atoms with Crippen molar-refractivity contribution in [1.82, 2.24) is 14.9 Å². The highest BCUT2D eigenvalue weighted by atomic mass is 35.5. The average molecular weight is 243 g/mol. The van der Waals surface area contributed by atoms with E-state index >= 15 is 0 Å². The van der Waals surface area contributed by atoms with Crippen LogP contribution < -0.4 is 5.32 Å². The fraction of sp³-hybridized carbons (Fsp3) is 0.500. The molecular weight excluding hydrogens is 228 g/mol. The summed E-state index contributed by atoms with van der Waals surface area (Å²) < 4.78 is 0. The van der Waals surface area contributed by atoms with Gasteiger partial charge in [0.1, 0.15) is 0 Å². The van der Waals surface area contributed by atoms with E-state index in [9.17, 15) is 4.79 Å². The SMILES string of the molecule is CCN(CC)C(=O)CNc1nccnc1Cl. The van der Waals surface area contributed by atoms with Crippen LogP contribution in [0.3, 0.4) is 0 Å². The highest BCUT2D eigenvalue weighted by molar-refractivity contribution is 6.31. The number of carbonyl (C=O) groups is 1. The molecule has 1 N–H and O–H groups in total. The Bertz CT molecular complexity index is 354. The van der Waals surface area contributed by atoms with Gasteiger partial charge in [0.2, 0.25) is 5.91 Å². The molecule has 1 amide bonds.